The molecule has 12 nitrogen and oxygen atoms in total. The van der Waals surface area contributed by atoms with Gasteiger partial charge in [-0.05, 0) is 64.5 Å². The van der Waals surface area contributed by atoms with Crippen LogP contribution >= 0.6 is 0 Å². The molecule has 0 bridgehead atoms. The topological polar surface area (TPSA) is 165 Å². The largest absolute Gasteiger partial charge is 0.466 e. The monoisotopic (exact) mass is 634 g/mol. The average Bonchev–Trinajstić information content (AvgIpc) is 3.57. The Bertz CT molecular complexity index is 1140. The molecule has 3 rings (SSSR count). The molecule has 1 aromatic heterocycles. The van der Waals surface area contributed by atoms with Crippen LogP contribution in [0, 0.1) is 0 Å². The highest BCUT2D eigenvalue weighted by Crippen LogP contribution is 2.16. The van der Waals surface area contributed by atoms with E-state index in [0.29, 0.717) is 35.5 Å². The van der Waals surface area contributed by atoms with Crippen molar-refractivity contribution in [1.82, 2.24) is 0 Å². The van der Waals surface area contributed by atoms with Gasteiger partial charge >= 0.3 is 23.9 Å². The number of ketones is 2. The lowest BCUT2D eigenvalue weighted by Crippen LogP contribution is -2.05. The molecule has 45 heavy (non-hydrogen) atoms. The summed E-state index contributed by atoms with van der Waals surface area (Å²) in [5.74, 6) is -0.422. The zero-order valence-electron chi connectivity index (χ0n) is 27.5. The fourth-order valence-corrected chi connectivity index (χ4v) is 1.96. The number of methoxy groups -OCH3 is 2. The molecule has 2 aliphatic heterocycles. The van der Waals surface area contributed by atoms with Crippen LogP contribution in [0.15, 0.2) is 78.0 Å². The summed E-state index contributed by atoms with van der Waals surface area (Å²) >= 11 is 0. The average molecular weight is 635 g/mol. The minimum absolute atomic E-state index is 0.0244. The number of carbonyl (C=O) groups excluding carboxylic acids is 6. The summed E-state index contributed by atoms with van der Waals surface area (Å²) in [7, 11) is 2.64. The second kappa shape index (κ2) is 26.8. The molecule has 2 unspecified atom stereocenters. The molecular weight excluding hydrogens is 588 g/mol. The zero-order chi connectivity index (χ0) is 35.5. The lowest BCUT2D eigenvalue weighted by molar-refractivity contribution is -0.141. The van der Waals surface area contributed by atoms with Crippen molar-refractivity contribution in [2.45, 2.75) is 60.2 Å². The van der Waals surface area contributed by atoms with Gasteiger partial charge in [0, 0.05) is 30.6 Å². The van der Waals surface area contributed by atoms with Crippen LogP contribution < -0.4 is 0 Å². The summed E-state index contributed by atoms with van der Waals surface area (Å²) in [5.41, 5.74) is 1.65. The molecule has 0 amide bonds. The Morgan fingerprint density at radius 2 is 1.56 bits per heavy atom. The third-order valence-corrected chi connectivity index (χ3v) is 4.53. The standard InChI is InChI=1S/C8H8O2.C6H8O2.C5H8O3.C5H8O2.C5H8O.C4H6O2/c1-7(9)4-5-8-3-2-6-10-8;1-4-3-5(2)8-6(4)7;1-4(6)7-2-5-3-8-5;1-4(2)5(6)7-3;1-4(2)5(3)6;1-3-4(5)6-2/h2-6H,1H3;5H,1,3H2,2H3;5H,2-3H2,1H3;1H2,2-3H3;1H2,2-3H3;3H,1H2,2H3/b5-4+;;;;;. The van der Waals surface area contributed by atoms with Crippen molar-refractivity contribution in [1.29, 1.82) is 0 Å². The number of epoxide rings is 1. The molecule has 3 heterocycles. The van der Waals surface area contributed by atoms with Gasteiger partial charge in [-0.1, -0.05) is 26.3 Å². The van der Waals surface area contributed by atoms with Crippen LogP contribution in [-0.2, 0) is 52.5 Å². The molecule has 0 N–H and O–H groups in total. The molecule has 0 aromatic carbocycles. The first-order valence-electron chi connectivity index (χ1n) is 13.4. The van der Waals surface area contributed by atoms with Crippen molar-refractivity contribution in [3.05, 3.63) is 79.3 Å². The lowest BCUT2D eigenvalue weighted by atomic mass is 10.2. The van der Waals surface area contributed by atoms with Crippen LogP contribution in [0.25, 0.3) is 6.08 Å². The summed E-state index contributed by atoms with van der Waals surface area (Å²) in [6, 6.07) is 3.57. The van der Waals surface area contributed by atoms with Crippen LogP contribution in [-0.4, -0.2) is 75.1 Å². The molecule has 0 radical (unpaired) electrons. The number of furan rings is 1. The second-order valence-corrected chi connectivity index (χ2v) is 9.08. The number of rotatable bonds is 7. The number of allylic oxidation sites excluding steroid dienone is 2. The van der Waals surface area contributed by atoms with E-state index in [1.165, 1.54) is 41.1 Å². The van der Waals surface area contributed by atoms with E-state index in [-0.39, 0.29) is 41.7 Å². The Balaban J connectivity index is -0.000000476. The first kappa shape index (κ1) is 44.6. The van der Waals surface area contributed by atoms with E-state index in [1.807, 2.05) is 6.92 Å². The van der Waals surface area contributed by atoms with Gasteiger partial charge in [0.05, 0.1) is 27.1 Å². The first-order chi connectivity index (χ1) is 20.9. The lowest BCUT2D eigenvalue weighted by Gasteiger charge is -1.94. The Kier molecular flexibility index (Phi) is 26.5. The Hall–Kier alpha value is -4.84. The van der Waals surface area contributed by atoms with Crippen LogP contribution in [0.4, 0.5) is 0 Å². The van der Waals surface area contributed by atoms with Gasteiger partial charge in [0.25, 0.3) is 0 Å². The van der Waals surface area contributed by atoms with E-state index in [4.69, 9.17) is 13.9 Å². The molecule has 12 heteroatoms. The maximum atomic E-state index is 10.5. The molecule has 250 valence electrons. The molecule has 2 saturated heterocycles. The number of hydrogen-bond donors (Lipinski definition) is 0. The fourth-order valence-electron chi connectivity index (χ4n) is 1.96. The number of hydrogen-bond acceptors (Lipinski definition) is 12. The predicted octanol–water partition coefficient (Wildman–Crippen LogP) is 4.94. The minimum atomic E-state index is -0.394. The van der Waals surface area contributed by atoms with Gasteiger partial charge in [-0.25, -0.2) is 14.4 Å². The van der Waals surface area contributed by atoms with Crippen molar-refractivity contribution in [3.63, 3.8) is 0 Å². The smallest absolute Gasteiger partial charge is 0.333 e. The Morgan fingerprint density at radius 3 is 1.76 bits per heavy atom. The van der Waals surface area contributed by atoms with Gasteiger partial charge in [0.2, 0.25) is 0 Å². The van der Waals surface area contributed by atoms with E-state index in [1.54, 1.807) is 38.3 Å². The van der Waals surface area contributed by atoms with E-state index < -0.39 is 5.97 Å². The molecular formula is C33H46O12. The SMILES string of the molecule is C=C(C)C(=O)OC.C=C(C)C(C)=O.C=C1CC(C)OC1=O.C=CC(=O)OC.CC(=O)/C=C/c1ccco1.CC(=O)OCC1CO1. The highest BCUT2D eigenvalue weighted by atomic mass is 16.6. The Labute approximate surface area is 265 Å². The molecule has 2 fully saturated rings. The number of carbonyl (C=O) groups is 6. The quantitative estimate of drug-likeness (QED) is 0.172. The predicted molar refractivity (Wildman–Crippen MR) is 169 cm³/mol. The third kappa shape index (κ3) is 31.9. The highest BCUT2D eigenvalue weighted by molar-refractivity contribution is 5.92. The van der Waals surface area contributed by atoms with E-state index >= 15 is 0 Å². The summed E-state index contributed by atoms with van der Waals surface area (Å²) in [6.07, 6.45) is 6.73. The van der Waals surface area contributed by atoms with Gasteiger partial charge in [-0.2, -0.15) is 0 Å². The van der Waals surface area contributed by atoms with Gasteiger partial charge in [0.1, 0.15) is 24.6 Å². The van der Waals surface area contributed by atoms with Crippen molar-refractivity contribution in [2.75, 3.05) is 27.4 Å². The summed E-state index contributed by atoms with van der Waals surface area (Å²) in [6.45, 7) is 24.1. The first-order valence-corrected chi connectivity index (χ1v) is 13.4. The summed E-state index contributed by atoms with van der Waals surface area (Å²) in [5, 5.41) is 0. The van der Waals surface area contributed by atoms with E-state index in [2.05, 4.69) is 40.5 Å². The molecule has 2 atom stereocenters. The normalized spacial score (nSPS) is 14.9. The maximum absolute atomic E-state index is 10.5. The van der Waals surface area contributed by atoms with Gasteiger partial charge in [0.15, 0.2) is 11.6 Å². The Morgan fingerprint density at radius 1 is 1.00 bits per heavy atom. The third-order valence-electron chi connectivity index (χ3n) is 4.53. The van der Waals surface area contributed by atoms with Crippen molar-refractivity contribution >= 4 is 41.5 Å². The molecule has 1 aromatic rings. The van der Waals surface area contributed by atoms with Gasteiger partial charge in [-0.15, -0.1) is 0 Å². The molecule has 2 aliphatic rings. The zero-order valence-corrected chi connectivity index (χ0v) is 27.5. The van der Waals surface area contributed by atoms with Gasteiger partial charge < -0.3 is 28.1 Å². The molecule has 0 spiro atoms. The summed E-state index contributed by atoms with van der Waals surface area (Å²) < 4.78 is 27.5. The fraction of sp³-hybridized carbons (Fsp3) is 0.394. The van der Waals surface area contributed by atoms with Crippen molar-refractivity contribution < 1.29 is 56.9 Å². The van der Waals surface area contributed by atoms with E-state index in [9.17, 15) is 28.8 Å². The van der Waals surface area contributed by atoms with Gasteiger partial charge in [-0.3, -0.25) is 14.4 Å². The summed E-state index contributed by atoms with van der Waals surface area (Å²) in [4.78, 5) is 61.0. The number of esters is 4. The van der Waals surface area contributed by atoms with Crippen molar-refractivity contribution in [2.24, 2.45) is 0 Å². The molecule has 0 saturated carbocycles. The maximum Gasteiger partial charge on any atom is 0.333 e. The van der Waals surface area contributed by atoms with Crippen molar-refractivity contribution in [3.8, 4) is 0 Å². The highest BCUT2D eigenvalue weighted by Gasteiger charge is 2.23. The van der Waals surface area contributed by atoms with Crippen LogP contribution in [0.5, 0.6) is 0 Å². The number of ether oxygens (including phenoxy) is 5. The molecule has 0 aliphatic carbocycles. The van der Waals surface area contributed by atoms with Crippen LogP contribution in [0.3, 0.4) is 0 Å². The second-order valence-electron chi connectivity index (χ2n) is 9.08. The van der Waals surface area contributed by atoms with E-state index in [0.717, 1.165) is 12.7 Å². The minimum Gasteiger partial charge on any atom is -0.466 e. The number of Topliss-reactive ketones (excluding diaryl/α,β-unsaturated/α-hetero) is 1. The van der Waals surface area contributed by atoms with Crippen LogP contribution in [0.2, 0.25) is 0 Å². The van der Waals surface area contributed by atoms with Crippen LogP contribution in [0.1, 0.15) is 53.7 Å². The number of cyclic esters (lactones) is 1.